The van der Waals surface area contributed by atoms with E-state index in [-0.39, 0.29) is 0 Å². The van der Waals surface area contributed by atoms with Crippen molar-refractivity contribution in [1.29, 1.82) is 0 Å². The maximum absolute atomic E-state index is 13.0. The molecule has 26 heavy (non-hydrogen) atoms. The Morgan fingerprint density at radius 2 is 1.73 bits per heavy atom. The van der Waals surface area contributed by atoms with Gasteiger partial charge in [0.1, 0.15) is 0 Å². The van der Waals surface area contributed by atoms with Crippen LogP contribution in [0.3, 0.4) is 0 Å². The Bertz CT molecular complexity index is 768. The van der Waals surface area contributed by atoms with Crippen LogP contribution in [0.1, 0.15) is 37.7 Å². The van der Waals surface area contributed by atoms with Crippen LogP contribution >= 0.6 is 0 Å². The van der Waals surface area contributed by atoms with Crippen molar-refractivity contribution in [1.82, 2.24) is 9.88 Å². The first-order chi connectivity index (χ1) is 12.5. The van der Waals surface area contributed by atoms with Gasteiger partial charge in [-0.05, 0) is 63.4 Å². The molecule has 2 fully saturated rings. The topological polar surface area (TPSA) is 19.4 Å². The van der Waals surface area contributed by atoms with E-state index in [0.717, 1.165) is 43.1 Å². The zero-order chi connectivity index (χ0) is 18.1. The fraction of sp³-hybridized carbons (Fsp3) is 0.550. The average molecular weight is 363 g/mol. The molecule has 2 aromatic rings. The highest BCUT2D eigenvalue weighted by molar-refractivity contribution is 5.92. The van der Waals surface area contributed by atoms with Gasteiger partial charge in [-0.1, -0.05) is 6.07 Å². The highest BCUT2D eigenvalue weighted by Gasteiger charge is 2.31. The predicted octanol–water partition coefficient (Wildman–Crippen LogP) is 4.71. The van der Waals surface area contributed by atoms with Crippen molar-refractivity contribution >= 4 is 16.6 Å². The number of nitrogens with zero attached hydrogens (tertiary/aromatic N) is 3. The summed E-state index contributed by atoms with van der Waals surface area (Å²) >= 11 is 0. The second-order valence-electron chi connectivity index (χ2n) is 7.37. The molecule has 0 amide bonds. The van der Waals surface area contributed by atoms with Gasteiger partial charge in [-0.15, -0.1) is 0 Å². The summed E-state index contributed by atoms with van der Waals surface area (Å²) in [6.07, 6.45) is 3.33. The maximum atomic E-state index is 13.0. The quantitative estimate of drug-likeness (QED) is 0.770. The lowest BCUT2D eigenvalue weighted by Crippen LogP contribution is -2.33. The van der Waals surface area contributed by atoms with Crippen molar-refractivity contribution in [3.8, 4) is 0 Å². The number of pyridine rings is 1. The molecule has 1 aromatic carbocycles. The Morgan fingerprint density at radius 3 is 2.50 bits per heavy atom. The number of hydrogen-bond donors (Lipinski definition) is 0. The van der Waals surface area contributed by atoms with Crippen LogP contribution in [-0.4, -0.2) is 42.1 Å². The Kier molecular flexibility index (Phi) is 4.78. The maximum Gasteiger partial charge on any atom is 0.416 e. The van der Waals surface area contributed by atoms with E-state index in [1.165, 1.54) is 38.4 Å². The molecular formula is C20H24F3N3. The SMILES string of the molecule is FC(F)(F)c1ccc2c(N3CCCC(N4CCCC4)CC3)ccnc2c1. The summed E-state index contributed by atoms with van der Waals surface area (Å²) in [5, 5.41) is 0.806. The smallest absolute Gasteiger partial charge is 0.371 e. The molecule has 0 aliphatic carbocycles. The van der Waals surface area contributed by atoms with Gasteiger partial charge in [0.25, 0.3) is 0 Å². The number of fused-ring (bicyclic) bond motifs is 1. The van der Waals surface area contributed by atoms with Crippen LogP contribution in [0.15, 0.2) is 30.5 Å². The van der Waals surface area contributed by atoms with E-state index < -0.39 is 11.7 Å². The molecule has 1 atom stereocenters. The van der Waals surface area contributed by atoms with Gasteiger partial charge in [0, 0.05) is 36.4 Å². The molecule has 2 saturated heterocycles. The number of hydrogen-bond acceptors (Lipinski definition) is 3. The predicted molar refractivity (Wildman–Crippen MR) is 97.4 cm³/mol. The minimum absolute atomic E-state index is 0.415. The van der Waals surface area contributed by atoms with Gasteiger partial charge in [-0.25, -0.2) is 0 Å². The van der Waals surface area contributed by atoms with Crippen LogP contribution in [-0.2, 0) is 6.18 Å². The van der Waals surface area contributed by atoms with Crippen molar-refractivity contribution in [2.75, 3.05) is 31.1 Å². The fourth-order valence-corrected chi connectivity index (χ4v) is 4.38. The summed E-state index contributed by atoms with van der Waals surface area (Å²) in [5.74, 6) is 0. The lowest BCUT2D eigenvalue weighted by molar-refractivity contribution is -0.137. The number of benzene rings is 1. The minimum Gasteiger partial charge on any atom is -0.371 e. The van der Waals surface area contributed by atoms with Crippen LogP contribution in [0.5, 0.6) is 0 Å². The van der Waals surface area contributed by atoms with Crippen LogP contribution in [0.4, 0.5) is 18.9 Å². The Labute approximate surface area is 151 Å². The fourth-order valence-electron chi connectivity index (χ4n) is 4.38. The highest BCUT2D eigenvalue weighted by atomic mass is 19.4. The van der Waals surface area contributed by atoms with E-state index >= 15 is 0 Å². The molecule has 1 aromatic heterocycles. The Morgan fingerprint density at radius 1 is 0.923 bits per heavy atom. The summed E-state index contributed by atoms with van der Waals surface area (Å²) in [5.41, 5.74) is 0.781. The summed E-state index contributed by atoms with van der Waals surface area (Å²) in [7, 11) is 0. The molecule has 3 nitrogen and oxygen atoms in total. The summed E-state index contributed by atoms with van der Waals surface area (Å²) in [4.78, 5) is 9.12. The van der Waals surface area contributed by atoms with Gasteiger partial charge in [-0.3, -0.25) is 4.98 Å². The number of alkyl halides is 3. The second-order valence-corrected chi connectivity index (χ2v) is 7.37. The molecule has 0 spiro atoms. The van der Waals surface area contributed by atoms with Crippen LogP contribution in [0.2, 0.25) is 0 Å². The zero-order valence-corrected chi connectivity index (χ0v) is 14.8. The lowest BCUT2D eigenvalue weighted by Gasteiger charge is -2.27. The summed E-state index contributed by atoms with van der Waals surface area (Å²) in [6.45, 7) is 4.32. The van der Waals surface area contributed by atoms with Gasteiger partial charge in [0.2, 0.25) is 0 Å². The van der Waals surface area contributed by atoms with Crippen LogP contribution in [0, 0.1) is 0 Å². The van der Waals surface area contributed by atoms with Crippen molar-refractivity contribution in [3.05, 3.63) is 36.0 Å². The molecule has 4 rings (SSSR count). The van der Waals surface area contributed by atoms with Gasteiger partial charge in [0.05, 0.1) is 11.1 Å². The molecule has 0 N–H and O–H groups in total. The Hall–Kier alpha value is -1.82. The summed E-state index contributed by atoms with van der Waals surface area (Å²) < 4.78 is 38.9. The first-order valence-electron chi connectivity index (χ1n) is 9.47. The third-order valence-electron chi connectivity index (χ3n) is 5.74. The molecule has 1 unspecified atom stereocenters. The van der Waals surface area contributed by atoms with Gasteiger partial charge < -0.3 is 9.80 Å². The lowest BCUT2D eigenvalue weighted by atomic mass is 10.1. The third-order valence-corrected chi connectivity index (χ3v) is 5.74. The van der Waals surface area contributed by atoms with Crippen molar-refractivity contribution in [3.63, 3.8) is 0 Å². The van der Waals surface area contributed by atoms with E-state index in [9.17, 15) is 13.2 Å². The standard InChI is InChI=1S/C20H24F3N3/c21-20(22,23)15-5-6-17-18(14-15)24-9-7-19(17)26-12-3-4-16(8-13-26)25-10-1-2-11-25/h5-7,9,14,16H,1-4,8,10-13H2. The van der Waals surface area contributed by atoms with Crippen LogP contribution < -0.4 is 4.90 Å². The number of anilines is 1. The normalized spacial score (nSPS) is 22.7. The molecular weight excluding hydrogens is 339 g/mol. The number of rotatable bonds is 2. The van der Waals surface area contributed by atoms with Gasteiger partial charge in [-0.2, -0.15) is 13.2 Å². The molecule has 3 heterocycles. The van der Waals surface area contributed by atoms with E-state index in [1.54, 1.807) is 12.3 Å². The molecule has 0 saturated carbocycles. The monoisotopic (exact) mass is 363 g/mol. The summed E-state index contributed by atoms with van der Waals surface area (Å²) in [6, 6.07) is 6.48. The number of likely N-dealkylation sites (tertiary alicyclic amines) is 1. The van der Waals surface area contributed by atoms with Crippen molar-refractivity contribution < 1.29 is 13.2 Å². The van der Waals surface area contributed by atoms with Crippen molar-refractivity contribution in [2.45, 2.75) is 44.3 Å². The minimum atomic E-state index is -4.34. The second kappa shape index (κ2) is 7.06. The number of aromatic nitrogens is 1. The third kappa shape index (κ3) is 3.52. The van der Waals surface area contributed by atoms with Gasteiger partial charge >= 0.3 is 6.18 Å². The first kappa shape index (κ1) is 17.6. The highest BCUT2D eigenvalue weighted by Crippen LogP contribution is 2.34. The zero-order valence-electron chi connectivity index (χ0n) is 14.8. The first-order valence-corrected chi connectivity index (χ1v) is 9.47. The molecule has 0 radical (unpaired) electrons. The van der Waals surface area contributed by atoms with E-state index in [1.807, 2.05) is 6.07 Å². The average Bonchev–Trinajstić information content (AvgIpc) is 3.05. The van der Waals surface area contributed by atoms with E-state index in [2.05, 4.69) is 14.8 Å². The largest absolute Gasteiger partial charge is 0.416 e. The van der Waals surface area contributed by atoms with E-state index in [4.69, 9.17) is 0 Å². The molecule has 2 aliphatic heterocycles. The van der Waals surface area contributed by atoms with Crippen LogP contribution in [0.25, 0.3) is 10.9 Å². The molecule has 2 aliphatic rings. The molecule has 140 valence electrons. The van der Waals surface area contributed by atoms with Gasteiger partial charge in [0.15, 0.2) is 0 Å². The Balaban J connectivity index is 1.58. The van der Waals surface area contributed by atoms with E-state index in [0.29, 0.717) is 11.6 Å². The number of halogens is 3. The molecule has 0 bridgehead atoms. The van der Waals surface area contributed by atoms with Crippen molar-refractivity contribution in [2.24, 2.45) is 0 Å². The molecule has 6 heteroatoms.